The Labute approximate surface area is 180 Å². The number of rotatable bonds is 6. The molecule has 1 aliphatic rings. The summed E-state index contributed by atoms with van der Waals surface area (Å²) in [6.45, 7) is 2.17. The van der Waals surface area contributed by atoms with Crippen LogP contribution in [0.1, 0.15) is 29.0 Å². The molecule has 1 saturated heterocycles. The number of likely N-dealkylation sites (tertiary alicyclic amines) is 1. The van der Waals surface area contributed by atoms with E-state index in [4.69, 9.17) is 9.47 Å². The average Bonchev–Trinajstić information content (AvgIpc) is 2.80. The zero-order valence-electron chi connectivity index (χ0n) is 17.7. The fourth-order valence-corrected chi connectivity index (χ4v) is 3.89. The van der Waals surface area contributed by atoms with Crippen molar-refractivity contribution in [1.29, 1.82) is 0 Å². The second-order valence-electron chi connectivity index (χ2n) is 7.63. The van der Waals surface area contributed by atoms with Crippen LogP contribution in [0.4, 0.5) is 0 Å². The Morgan fingerprint density at radius 3 is 2.48 bits per heavy atom. The number of amides is 1. The molecule has 4 rings (SSSR count). The molecule has 2 N–H and O–H groups in total. The third kappa shape index (κ3) is 4.69. The summed E-state index contributed by atoms with van der Waals surface area (Å²) in [6.07, 6.45) is 1.70. The zero-order chi connectivity index (χ0) is 21.8. The Balaban J connectivity index is 1.40. The molecule has 0 radical (unpaired) electrons. The van der Waals surface area contributed by atoms with Crippen molar-refractivity contribution >= 4 is 16.8 Å². The Hall–Kier alpha value is -3.39. The van der Waals surface area contributed by atoms with Crippen LogP contribution in [0, 0.1) is 0 Å². The number of aromatic nitrogens is 2. The molecule has 1 aromatic heterocycles. The van der Waals surface area contributed by atoms with Crippen molar-refractivity contribution in [3.63, 3.8) is 0 Å². The standard InChI is InChI=1S/C23H26N4O4/c1-30-19-12-17-18(13-20(19)31-2)25-21(26-23(17)29)14-27-10-8-16(9-11-27)24-22(28)15-6-4-3-5-7-15/h3-7,12-13,16H,8-11,14H2,1-2H3,(H,24,28)(H,25,26,29). The molecule has 1 aliphatic heterocycles. The van der Waals surface area contributed by atoms with Crippen molar-refractivity contribution in [2.24, 2.45) is 0 Å². The highest BCUT2D eigenvalue weighted by Gasteiger charge is 2.22. The van der Waals surface area contributed by atoms with Crippen molar-refractivity contribution in [3.8, 4) is 11.5 Å². The Morgan fingerprint density at radius 2 is 1.81 bits per heavy atom. The Kier molecular flexibility index (Phi) is 6.18. The van der Waals surface area contributed by atoms with E-state index in [0.717, 1.165) is 25.9 Å². The van der Waals surface area contributed by atoms with Crippen molar-refractivity contribution in [1.82, 2.24) is 20.2 Å². The third-order valence-electron chi connectivity index (χ3n) is 5.59. The van der Waals surface area contributed by atoms with Gasteiger partial charge in [0.1, 0.15) is 5.82 Å². The van der Waals surface area contributed by atoms with E-state index >= 15 is 0 Å². The van der Waals surface area contributed by atoms with E-state index in [0.29, 0.717) is 40.3 Å². The highest BCUT2D eigenvalue weighted by Crippen LogP contribution is 2.30. The summed E-state index contributed by atoms with van der Waals surface area (Å²) >= 11 is 0. The number of nitrogens with one attached hydrogen (secondary N) is 2. The summed E-state index contributed by atoms with van der Waals surface area (Å²) in [4.78, 5) is 34.6. The van der Waals surface area contributed by atoms with Crippen LogP contribution < -0.4 is 20.3 Å². The molecule has 2 aromatic carbocycles. The van der Waals surface area contributed by atoms with E-state index in [-0.39, 0.29) is 17.5 Å². The summed E-state index contributed by atoms with van der Waals surface area (Å²) in [5.74, 6) is 1.60. The maximum Gasteiger partial charge on any atom is 0.258 e. The first-order chi connectivity index (χ1) is 15.1. The number of aromatic amines is 1. The van der Waals surface area contributed by atoms with Gasteiger partial charge in [0.25, 0.3) is 11.5 Å². The van der Waals surface area contributed by atoms with Crippen LogP contribution in [0.15, 0.2) is 47.3 Å². The lowest BCUT2D eigenvalue weighted by molar-refractivity contribution is 0.0908. The van der Waals surface area contributed by atoms with Gasteiger partial charge in [-0.25, -0.2) is 4.98 Å². The van der Waals surface area contributed by atoms with Crippen molar-refractivity contribution in [2.75, 3.05) is 27.3 Å². The molecule has 8 heteroatoms. The molecule has 1 amide bonds. The number of methoxy groups -OCH3 is 2. The number of carbonyl (C=O) groups is 1. The molecule has 0 spiro atoms. The molecule has 3 aromatic rings. The van der Waals surface area contributed by atoms with Crippen LogP contribution in [-0.4, -0.2) is 54.1 Å². The van der Waals surface area contributed by atoms with E-state index in [2.05, 4.69) is 20.2 Å². The minimum Gasteiger partial charge on any atom is -0.493 e. The number of fused-ring (bicyclic) bond motifs is 1. The predicted molar refractivity (Wildman–Crippen MR) is 118 cm³/mol. The van der Waals surface area contributed by atoms with Crippen LogP contribution in [0.3, 0.4) is 0 Å². The first kappa shape index (κ1) is 20.9. The fourth-order valence-electron chi connectivity index (χ4n) is 3.89. The van der Waals surface area contributed by atoms with Gasteiger partial charge < -0.3 is 19.8 Å². The van der Waals surface area contributed by atoms with E-state index in [1.54, 1.807) is 19.2 Å². The van der Waals surface area contributed by atoms with Crippen LogP contribution >= 0.6 is 0 Å². The number of ether oxygens (including phenoxy) is 2. The van der Waals surface area contributed by atoms with Crippen LogP contribution in [-0.2, 0) is 6.54 Å². The third-order valence-corrected chi connectivity index (χ3v) is 5.59. The van der Waals surface area contributed by atoms with Gasteiger partial charge in [0.05, 0.1) is 31.7 Å². The van der Waals surface area contributed by atoms with Crippen molar-refractivity contribution in [3.05, 3.63) is 64.2 Å². The smallest absolute Gasteiger partial charge is 0.258 e. The molecule has 0 aliphatic carbocycles. The second-order valence-corrected chi connectivity index (χ2v) is 7.63. The highest BCUT2D eigenvalue weighted by molar-refractivity contribution is 5.94. The minimum atomic E-state index is -0.203. The monoisotopic (exact) mass is 422 g/mol. The van der Waals surface area contributed by atoms with Gasteiger partial charge in [-0.05, 0) is 31.0 Å². The number of nitrogens with zero attached hydrogens (tertiary/aromatic N) is 2. The first-order valence-corrected chi connectivity index (χ1v) is 10.3. The number of benzene rings is 2. The largest absolute Gasteiger partial charge is 0.493 e. The van der Waals surface area contributed by atoms with Crippen LogP contribution in [0.2, 0.25) is 0 Å². The number of carbonyl (C=O) groups excluding carboxylic acids is 1. The van der Waals surface area contributed by atoms with Gasteiger partial charge in [0.2, 0.25) is 0 Å². The zero-order valence-corrected chi connectivity index (χ0v) is 17.7. The van der Waals surface area contributed by atoms with E-state index in [9.17, 15) is 9.59 Å². The summed E-state index contributed by atoms with van der Waals surface area (Å²) in [5.41, 5.74) is 1.04. The molecule has 31 heavy (non-hydrogen) atoms. The highest BCUT2D eigenvalue weighted by atomic mass is 16.5. The molecule has 162 valence electrons. The maximum absolute atomic E-state index is 12.6. The summed E-state index contributed by atoms with van der Waals surface area (Å²) in [7, 11) is 3.09. The first-order valence-electron chi connectivity index (χ1n) is 10.3. The Bertz CT molecular complexity index is 1120. The molecule has 0 unspecified atom stereocenters. The summed E-state index contributed by atoms with van der Waals surface area (Å²) < 4.78 is 10.6. The van der Waals surface area contributed by atoms with E-state index in [1.165, 1.54) is 7.11 Å². The van der Waals surface area contributed by atoms with E-state index in [1.807, 2.05) is 30.3 Å². The van der Waals surface area contributed by atoms with Crippen LogP contribution in [0.25, 0.3) is 10.9 Å². The van der Waals surface area contributed by atoms with Crippen LogP contribution in [0.5, 0.6) is 11.5 Å². The number of H-pyrrole nitrogens is 1. The SMILES string of the molecule is COc1cc2nc(CN3CCC(NC(=O)c4ccccc4)CC3)[nH]c(=O)c2cc1OC. The number of hydrogen-bond donors (Lipinski definition) is 2. The van der Waals surface area contributed by atoms with Gasteiger partial charge in [0.15, 0.2) is 11.5 Å². The minimum absolute atomic E-state index is 0.0380. The lowest BCUT2D eigenvalue weighted by Crippen LogP contribution is -2.44. The quantitative estimate of drug-likeness (QED) is 0.633. The maximum atomic E-state index is 12.6. The molecule has 0 atom stereocenters. The Morgan fingerprint density at radius 1 is 1.13 bits per heavy atom. The lowest BCUT2D eigenvalue weighted by atomic mass is 10.0. The van der Waals surface area contributed by atoms with Gasteiger partial charge >= 0.3 is 0 Å². The normalized spacial score (nSPS) is 15.0. The topological polar surface area (TPSA) is 96.5 Å². The molecule has 0 saturated carbocycles. The second kappa shape index (κ2) is 9.18. The van der Waals surface area contributed by atoms with Gasteiger partial charge in [-0.3, -0.25) is 14.5 Å². The predicted octanol–water partition coefficient (Wildman–Crippen LogP) is 2.33. The summed E-state index contributed by atoms with van der Waals surface area (Å²) in [5, 5.41) is 3.57. The van der Waals surface area contributed by atoms with Gasteiger partial charge in [-0.2, -0.15) is 0 Å². The molecular weight excluding hydrogens is 396 g/mol. The molecule has 8 nitrogen and oxygen atoms in total. The molecule has 0 bridgehead atoms. The van der Waals surface area contributed by atoms with Gasteiger partial charge in [0, 0.05) is 30.8 Å². The van der Waals surface area contributed by atoms with Gasteiger partial charge in [-0.15, -0.1) is 0 Å². The number of piperidine rings is 1. The van der Waals surface area contributed by atoms with Crippen molar-refractivity contribution < 1.29 is 14.3 Å². The summed E-state index contributed by atoms with van der Waals surface area (Å²) in [6, 6.07) is 12.8. The lowest BCUT2D eigenvalue weighted by Gasteiger charge is -2.32. The van der Waals surface area contributed by atoms with Gasteiger partial charge in [-0.1, -0.05) is 18.2 Å². The number of hydrogen-bond acceptors (Lipinski definition) is 6. The average molecular weight is 422 g/mol. The van der Waals surface area contributed by atoms with E-state index < -0.39 is 0 Å². The molecule has 2 heterocycles. The van der Waals surface area contributed by atoms with Crippen molar-refractivity contribution in [2.45, 2.75) is 25.4 Å². The molecular formula is C23H26N4O4. The molecule has 1 fully saturated rings. The fraction of sp³-hybridized carbons (Fsp3) is 0.348.